The monoisotopic (exact) mass is 367 g/mol. The van der Waals surface area contributed by atoms with E-state index < -0.39 is 5.60 Å². The summed E-state index contributed by atoms with van der Waals surface area (Å²) >= 11 is 0. The smallest absolute Gasteiger partial charge is 0.209 e. The van der Waals surface area contributed by atoms with E-state index in [1.807, 2.05) is 4.57 Å². The summed E-state index contributed by atoms with van der Waals surface area (Å²) in [7, 11) is 0. The van der Waals surface area contributed by atoms with Crippen molar-refractivity contribution in [3.05, 3.63) is 12.2 Å². The first-order valence-corrected chi connectivity index (χ1v) is 9.91. The lowest BCUT2D eigenvalue weighted by Gasteiger charge is -2.56. The third kappa shape index (κ3) is 2.70. The van der Waals surface area contributed by atoms with Crippen LogP contribution in [0.1, 0.15) is 44.3 Å². The number of hydrogen-bond donors (Lipinski definition) is 3. The highest BCUT2D eigenvalue weighted by Crippen LogP contribution is 2.58. The quantitative estimate of drug-likeness (QED) is 0.706. The molecule has 7 heteroatoms. The largest absolute Gasteiger partial charge is 0.396 e. The Morgan fingerprint density at radius 2 is 1.85 bits per heavy atom. The summed E-state index contributed by atoms with van der Waals surface area (Å²) in [4.78, 5) is 13.1. The van der Waals surface area contributed by atoms with Gasteiger partial charge < -0.3 is 20.5 Å². The van der Waals surface area contributed by atoms with Crippen LogP contribution in [0.5, 0.6) is 0 Å². The number of hydrogen-bond acceptors (Lipinski definition) is 6. The molecule has 27 heavy (non-hydrogen) atoms. The van der Waals surface area contributed by atoms with Crippen molar-refractivity contribution in [2.24, 2.45) is 23.7 Å². The van der Waals surface area contributed by atoms with Gasteiger partial charge in [0.15, 0.2) is 11.5 Å². The van der Waals surface area contributed by atoms with E-state index in [1.54, 1.807) is 6.33 Å². The molecule has 4 bridgehead atoms. The number of imidazole rings is 1. The van der Waals surface area contributed by atoms with Crippen molar-refractivity contribution >= 4 is 17.0 Å². The standard InChI is InChI=1S/C20H25N5O2/c21-18-17-19(25(11-22-17)4-1-5-26)24-16(23-18)2-3-20(27)14-7-12-6-13(9-14)10-15(20)8-12/h11-15,26-27H,1,4-10H2,(H2,21,23,24). The molecule has 2 heterocycles. The third-order valence-electron chi connectivity index (χ3n) is 6.81. The number of nitrogens with two attached hydrogens (primary N) is 1. The predicted molar refractivity (Wildman–Crippen MR) is 100 cm³/mol. The molecule has 0 saturated heterocycles. The van der Waals surface area contributed by atoms with Crippen molar-refractivity contribution in [2.45, 2.75) is 50.7 Å². The van der Waals surface area contributed by atoms with Crippen LogP contribution >= 0.6 is 0 Å². The molecule has 4 saturated carbocycles. The fourth-order valence-electron chi connectivity index (χ4n) is 5.69. The van der Waals surface area contributed by atoms with Crippen LogP contribution in [0.25, 0.3) is 11.2 Å². The number of nitrogens with zero attached hydrogens (tertiary/aromatic N) is 4. The van der Waals surface area contributed by atoms with Gasteiger partial charge in [0.2, 0.25) is 5.82 Å². The van der Waals surface area contributed by atoms with E-state index in [4.69, 9.17) is 10.8 Å². The molecule has 0 atom stereocenters. The highest BCUT2D eigenvalue weighted by Gasteiger charge is 2.55. The maximum Gasteiger partial charge on any atom is 0.209 e. The van der Waals surface area contributed by atoms with Crippen molar-refractivity contribution in [1.29, 1.82) is 0 Å². The van der Waals surface area contributed by atoms with Crippen molar-refractivity contribution in [3.63, 3.8) is 0 Å². The Kier molecular flexibility index (Phi) is 3.88. The number of nitrogen functional groups attached to an aromatic ring is 1. The van der Waals surface area contributed by atoms with Crippen LogP contribution in [0.4, 0.5) is 5.82 Å². The molecule has 2 aromatic rings. The van der Waals surface area contributed by atoms with Gasteiger partial charge >= 0.3 is 0 Å². The zero-order valence-corrected chi connectivity index (χ0v) is 15.3. The Labute approximate surface area is 158 Å². The normalized spacial score (nSPS) is 34.0. The Balaban J connectivity index is 1.48. The first kappa shape index (κ1) is 17.0. The molecule has 4 N–H and O–H groups in total. The Morgan fingerprint density at radius 3 is 2.52 bits per heavy atom. The molecule has 0 spiro atoms. The molecule has 0 radical (unpaired) electrons. The van der Waals surface area contributed by atoms with Crippen LogP contribution in [-0.2, 0) is 6.54 Å². The summed E-state index contributed by atoms with van der Waals surface area (Å²) in [6.45, 7) is 0.706. The number of aromatic nitrogens is 4. The second-order valence-electron chi connectivity index (χ2n) is 8.50. The molecule has 4 aliphatic rings. The molecular weight excluding hydrogens is 342 g/mol. The second kappa shape index (κ2) is 6.18. The molecule has 7 nitrogen and oxygen atoms in total. The summed E-state index contributed by atoms with van der Waals surface area (Å²) in [6, 6.07) is 0. The van der Waals surface area contributed by atoms with Gasteiger partial charge in [-0.25, -0.2) is 15.0 Å². The Hall–Kier alpha value is -2.17. The van der Waals surface area contributed by atoms with E-state index in [2.05, 4.69) is 26.8 Å². The third-order valence-corrected chi connectivity index (χ3v) is 6.81. The number of fused-ring (bicyclic) bond motifs is 1. The number of aryl methyl sites for hydroxylation is 1. The van der Waals surface area contributed by atoms with Gasteiger partial charge in [-0.05, 0) is 68.1 Å². The molecule has 2 aromatic heterocycles. The van der Waals surface area contributed by atoms with Crippen molar-refractivity contribution in [1.82, 2.24) is 19.5 Å². The van der Waals surface area contributed by atoms with Crippen LogP contribution in [0, 0.1) is 35.5 Å². The van der Waals surface area contributed by atoms with E-state index in [9.17, 15) is 5.11 Å². The highest BCUT2D eigenvalue weighted by atomic mass is 16.3. The van der Waals surface area contributed by atoms with Crippen LogP contribution in [0.15, 0.2) is 6.33 Å². The number of aliphatic hydroxyl groups is 2. The topological polar surface area (TPSA) is 110 Å². The minimum atomic E-state index is -0.919. The van der Waals surface area contributed by atoms with Gasteiger partial charge in [-0.1, -0.05) is 5.92 Å². The number of aliphatic hydroxyl groups excluding tert-OH is 1. The lowest BCUT2D eigenvalue weighted by atomic mass is 9.50. The maximum atomic E-state index is 11.4. The van der Waals surface area contributed by atoms with Crippen LogP contribution < -0.4 is 5.73 Å². The first-order chi connectivity index (χ1) is 13.1. The highest BCUT2D eigenvalue weighted by molar-refractivity contribution is 5.81. The molecule has 4 fully saturated rings. The average Bonchev–Trinajstić information content (AvgIpc) is 3.06. The Morgan fingerprint density at radius 1 is 1.15 bits per heavy atom. The molecule has 6 rings (SSSR count). The van der Waals surface area contributed by atoms with Gasteiger partial charge in [0.1, 0.15) is 11.1 Å². The van der Waals surface area contributed by atoms with E-state index in [1.165, 1.54) is 6.42 Å². The number of rotatable bonds is 3. The summed E-state index contributed by atoms with van der Waals surface area (Å²) in [5, 5.41) is 20.4. The van der Waals surface area contributed by atoms with Crippen molar-refractivity contribution in [3.8, 4) is 11.8 Å². The molecule has 0 amide bonds. The van der Waals surface area contributed by atoms with E-state index in [0.717, 1.165) is 37.5 Å². The average molecular weight is 367 g/mol. The zero-order chi connectivity index (χ0) is 18.6. The van der Waals surface area contributed by atoms with Gasteiger partial charge in [-0.2, -0.15) is 0 Å². The fourth-order valence-corrected chi connectivity index (χ4v) is 5.69. The minimum absolute atomic E-state index is 0.102. The Bertz CT molecular complexity index is 913. The molecule has 4 aliphatic carbocycles. The molecule has 0 aliphatic heterocycles. The first-order valence-electron chi connectivity index (χ1n) is 9.91. The molecule has 142 valence electrons. The lowest BCUT2D eigenvalue weighted by Crippen LogP contribution is -2.56. The second-order valence-corrected chi connectivity index (χ2v) is 8.50. The molecule has 0 unspecified atom stereocenters. The van der Waals surface area contributed by atoms with E-state index in [0.29, 0.717) is 35.8 Å². The maximum absolute atomic E-state index is 11.4. The van der Waals surface area contributed by atoms with Gasteiger partial charge in [-0.15, -0.1) is 0 Å². The van der Waals surface area contributed by atoms with Crippen molar-refractivity contribution in [2.75, 3.05) is 12.3 Å². The summed E-state index contributed by atoms with van der Waals surface area (Å²) < 4.78 is 1.85. The van der Waals surface area contributed by atoms with Crippen LogP contribution in [-0.4, -0.2) is 41.9 Å². The summed E-state index contributed by atoms with van der Waals surface area (Å²) in [5.74, 6) is 8.91. The van der Waals surface area contributed by atoms with Crippen LogP contribution in [0.2, 0.25) is 0 Å². The van der Waals surface area contributed by atoms with Crippen LogP contribution in [0.3, 0.4) is 0 Å². The minimum Gasteiger partial charge on any atom is -0.396 e. The summed E-state index contributed by atoms with van der Waals surface area (Å²) in [6.07, 6.45) is 7.98. The predicted octanol–water partition coefficient (Wildman–Crippen LogP) is 1.33. The molecule has 0 aromatic carbocycles. The van der Waals surface area contributed by atoms with Gasteiger partial charge in [0.05, 0.1) is 6.33 Å². The van der Waals surface area contributed by atoms with Gasteiger partial charge in [-0.3, -0.25) is 0 Å². The fraction of sp³-hybridized carbons (Fsp3) is 0.650. The number of anilines is 1. The van der Waals surface area contributed by atoms with E-state index >= 15 is 0 Å². The van der Waals surface area contributed by atoms with E-state index in [-0.39, 0.29) is 18.4 Å². The SMILES string of the molecule is Nc1nc(C#CC2(O)C3CC4CC(C3)CC2C4)nc2c1ncn2CCCO. The zero-order valence-electron chi connectivity index (χ0n) is 15.3. The van der Waals surface area contributed by atoms with Gasteiger partial charge in [0.25, 0.3) is 0 Å². The molecular formula is C20H25N5O2. The lowest BCUT2D eigenvalue weighted by molar-refractivity contribution is -0.136. The van der Waals surface area contributed by atoms with Gasteiger partial charge in [0, 0.05) is 13.2 Å². The summed E-state index contributed by atoms with van der Waals surface area (Å²) in [5.41, 5.74) is 6.30. The van der Waals surface area contributed by atoms with Crippen molar-refractivity contribution < 1.29 is 10.2 Å².